The minimum absolute atomic E-state index is 0.0909. The van der Waals surface area contributed by atoms with Crippen LogP contribution < -0.4 is 10.1 Å². The normalized spacial score (nSPS) is 14.3. The van der Waals surface area contributed by atoms with E-state index in [4.69, 9.17) is 16.3 Å². The molecule has 1 N–H and O–H groups in total. The zero-order valence-electron chi connectivity index (χ0n) is 13.4. The maximum atomic E-state index is 12.2. The van der Waals surface area contributed by atoms with Crippen LogP contribution in [0.25, 0.3) is 0 Å². The molecule has 7 heteroatoms. The molecule has 0 aliphatic heterocycles. The van der Waals surface area contributed by atoms with Crippen molar-refractivity contribution in [3.8, 4) is 11.5 Å². The number of nitrogens with zero attached hydrogens (tertiary/aromatic N) is 1. The van der Waals surface area contributed by atoms with Crippen LogP contribution in [0.2, 0.25) is 5.02 Å². The van der Waals surface area contributed by atoms with Gasteiger partial charge in [-0.1, -0.05) is 24.4 Å². The molecule has 3 rings (SSSR count). The van der Waals surface area contributed by atoms with E-state index in [-0.39, 0.29) is 22.7 Å². The molecular formula is C18H17ClN2O4. The predicted octanol–water partition coefficient (Wildman–Crippen LogP) is 4.71. The van der Waals surface area contributed by atoms with Crippen molar-refractivity contribution in [2.75, 3.05) is 0 Å². The van der Waals surface area contributed by atoms with Gasteiger partial charge in [-0.15, -0.1) is 0 Å². The van der Waals surface area contributed by atoms with Crippen molar-refractivity contribution in [1.29, 1.82) is 0 Å². The second-order valence-electron chi connectivity index (χ2n) is 5.95. The highest BCUT2D eigenvalue weighted by Gasteiger charge is 2.18. The molecule has 0 radical (unpaired) electrons. The number of nitro benzene ring substituents is 1. The first-order chi connectivity index (χ1) is 12.0. The lowest BCUT2D eigenvalue weighted by atomic mass is 10.1. The molecule has 0 bridgehead atoms. The van der Waals surface area contributed by atoms with Gasteiger partial charge in [0.1, 0.15) is 11.5 Å². The summed E-state index contributed by atoms with van der Waals surface area (Å²) in [6.07, 6.45) is 4.39. The van der Waals surface area contributed by atoms with E-state index >= 15 is 0 Å². The number of amides is 1. The van der Waals surface area contributed by atoms with Crippen LogP contribution in [0.5, 0.6) is 11.5 Å². The van der Waals surface area contributed by atoms with E-state index in [2.05, 4.69) is 5.32 Å². The van der Waals surface area contributed by atoms with Gasteiger partial charge in [-0.2, -0.15) is 0 Å². The highest BCUT2D eigenvalue weighted by Crippen LogP contribution is 2.32. The first-order valence-corrected chi connectivity index (χ1v) is 8.43. The molecule has 2 aromatic carbocycles. The van der Waals surface area contributed by atoms with Crippen molar-refractivity contribution < 1.29 is 14.5 Å². The fourth-order valence-corrected chi connectivity index (χ4v) is 3.04. The molecule has 1 aliphatic rings. The Morgan fingerprint density at radius 2 is 1.84 bits per heavy atom. The number of carbonyl (C=O) groups excluding carboxylic acids is 1. The lowest BCUT2D eigenvalue weighted by Crippen LogP contribution is -2.32. The van der Waals surface area contributed by atoms with Crippen molar-refractivity contribution in [2.24, 2.45) is 0 Å². The van der Waals surface area contributed by atoms with Gasteiger partial charge in [0.15, 0.2) is 0 Å². The molecule has 0 atom stereocenters. The third-order valence-corrected chi connectivity index (χ3v) is 4.46. The Morgan fingerprint density at radius 1 is 1.16 bits per heavy atom. The van der Waals surface area contributed by atoms with Crippen molar-refractivity contribution in [1.82, 2.24) is 5.32 Å². The third kappa shape index (κ3) is 4.28. The summed E-state index contributed by atoms with van der Waals surface area (Å²) in [7, 11) is 0. The van der Waals surface area contributed by atoms with Gasteiger partial charge in [-0.3, -0.25) is 14.9 Å². The van der Waals surface area contributed by atoms with E-state index in [1.54, 1.807) is 24.3 Å². The van der Waals surface area contributed by atoms with Crippen LogP contribution in [0, 0.1) is 10.1 Å². The van der Waals surface area contributed by atoms with Crippen LogP contribution >= 0.6 is 11.6 Å². The van der Waals surface area contributed by atoms with Crippen LogP contribution in [0.4, 0.5) is 5.69 Å². The highest BCUT2D eigenvalue weighted by atomic mass is 35.5. The van der Waals surface area contributed by atoms with Gasteiger partial charge in [-0.05, 0) is 43.2 Å². The summed E-state index contributed by atoms with van der Waals surface area (Å²) >= 11 is 6.01. The summed E-state index contributed by atoms with van der Waals surface area (Å²) in [5.41, 5.74) is 0.463. The highest BCUT2D eigenvalue weighted by molar-refractivity contribution is 6.32. The minimum Gasteiger partial charge on any atom is -0.456 e. The maximum Gasteiger partial charge on any atom is 0.271 e. The molecular weight excluding hydrogens is 344 g/mol. The Labute approximate surface area is 149 Å². The van der Waals surface area contributed by atoms with Crippen LogP contribution in [0.1, 0.15) is 36.0 Å². The summed E-state index contributed by atoms with van der Waals surface area (Å²) in [6, 6.07) is 11.0. The Kier molecular flexibility index (Phi) is 5.19. The maximum absolute atomic E-state index is 12.2. The smallest absolute Gasteiger partial charge is 0.271 e. The Hall–Kier alpha value is -2.60. The topological polar surface area (TPSA) is 81.5 Å². The molecule has 1 saturated carbocycles. The van der Waals surface area contributed by atoms with Crippen LogP contribution in [0.15, 0.2) is 42.5 Å². The number of hydrogen-bond acceptors (Lipinski definition) is 4. The molecule has 1 aliphatic carbocycles. The van der Waals surface area contributed by atoms with E-state index in [0.29, 0.717) is 17.1 Å². The fraction of sp³-hybridized carbons (Fsp3) is 0.278. The fourth-order valence-electron chi connectivity index (χ4n) is 2.83. The van der Waals surface area contributed by atoms with Crippen LogP contribution in [-0.2, 0) is 0 Å². The largest absolute Gasteiger partial charge is 0.456 e. The van der Waals surface area contributed by atoms with E-state index in [0.717, 1.165) is 25.7 Å². The lowest BCUT2D eigenvalue weighted by molar-refractivity contribution is -0.384. The standard InChI is InChI=1S/C18H17ClN2O4/c19-16-11-14(21(23)24)7-10-17(16)25-15-8-5-12(6-9-15)18(22)20-13-3-1-2-4-13/h5-11,13H,1-4H2,(H,20,22). The van der Waals surface area contributed by atoms with E-state index in [1.165, 1.54) is 18.2 Å². The van der Waals surface area contributed by atoms with Crippen molar-refractivity contribution >= 4 is 23.2 Å². The zero-order chi connectivity index (χ0) is 17.8. The first-order valence-electron chi connectivity index (χ1n) is 8.05. The van der Waals surface area contributed by atoms with Crippen molar-refractivity contribution in [2.45, 2.75) is 31.7 Å². The van der Waals surface area contributed by atoms with Gasteiger partial charge in [0, 0.05) is 23.7 Å². The third-order valence-electron chi connectivity index (χ3n) is 4.16. The molecule has 0 saturated heterocycles. The summed E-state index contributed by atoms with van der Waals surface area (Å²) < 4.78 is 5.63. The number of halogens is 1. The molecule has 0 aromatic heterocycles. The average Bonchev–Trinajstić information content (AvgIpc) is 3.10. The van der Waals surface area contributed by atoms with Crippen molar-refractivity contribution in [3.05, 3.63) is 63.2 Å². The van der Waals surface area contributed by atoms with Gasteiger partial charge in [0.05, 0.1) is 9.95 Å². The second kappa shape index (κ2) is 7.53. The summed E-state index contributed by atoms with van der Waals surface area (Å²) in [5, 5.41) is 13.9. The quantitative estimate of drug-likeness (QED) is 0.618. The van der Waals surface area contributed by atoms with E-state index in [1.807, 2.05) is 0 Å². The Morgan fingerprint density at radius 3 is 2.44 bits per heavy atom. The average molecular weight is 361 g/mol. The van der Waals surface area contributed by atoms with Gasteiger partial charge < -0.3 is 10.1 Å². The summed E-state index contributed by atoms with van der Waals surface area (Å²) in [5.74, 6) is 0.718. The predicted molar refractivity (Wildman–Crippen MR) is 94.3 cm³/mol. The molecule has 1 fully saturated rings. The summed E-state index contributed by atoms with van der Waals surface area (Å²) in [6.45, 7) is 0. The molecule has 0 unspecified atom stereocenters. The number of benzene rings is 2. The molecule has 1 amide bonds. The Balaban J connectivity index is 1.66. The molecule has 25 heavy (non-hydrogen) atoms. The monoisotopic (exact) mass is 360 g/mol. The van der Waals surface area contributed by atoms with E-state index in [9.17, 15) is 14.9 Å². The molecule has 2 aromatic rings. The Bertz CT molecular complexity index is 786. The van der Waals surface area contributed by atoms with Gasteiger partial charge >= 0.3 is 0 Å². The molecule has 130 valence electrons. The number of rotatable bonds is 5. The SMILES string of the molecule is O=C(NC1CCCC1)c1ccc(Oc2ccc([N+](=O)[O-])cc2Cl)cc1. The van der Waals surface area contributed by atoms with Crippen molar-refractivity contribution in [3.63, 3.8) is 0 Å². The number of nitro groups is 1. The van der Waals surface area contributed by atoms with Crippen LogP contribution in [-0.4, -0.2) is 16.9 Å². The number of nitrogens with one attached hydrogen (secondary N) is 1. The minimum atomic E-state index is -0.520. The summed E-state index contributed by atoms with van der Waals surface area (Å²) in [4.78, 5) is 22.4. The van der Waals surface area contributed by atoms with Gasteiger partial charge in [0.2, 0.25) is 0 Å². The lowest BCUT2D eigenvalue weighted by Gasteiger charge is -2.12. The number of hydrogen-bond donors (Lipinski definition) is 1. The van der Waals surface area contributed by atoms with Gasteiger partial charge in [0.25, 0.3) is 11.6 Å². The van der Waals surface area contributed by atoms with E-state index < -0.39 is 4.92 Å². The van der Waals surface area contributed by atoms with Crippen LogP contribution in [0.3, 0.4) is 0 Å². The van der Waals surface area contributed by atoms with Gasteiger partial charge in [-0.25, -0.2) is 0 Å². The first kappa shape index (κ1) is 17.2. The molecule has 0 spiro atoms. The molecule has 0 heterocycles. The number of ether oxygens (including phenoxy) is 1. The molecule has 6 nitrogen and oxygen atoms in total. The number of carbonyl (C=O) groups is 1. The zero-order valence-corrected chi connectivity index (χ0v) is 14.2. The second-order valence-corrected chi connectivity index (χ2v) is 6.36. The number of non-ortho nitro benzene ring substituents is 1.